The summed E-state index contributed by atoms with van der Waals surface area (Å²) >= 11 is 1.80. The minimum Gasteiger partial charge on any atom is -0.309 e. The summed E-state index contributed by atoms with van der Waals surface area (Å²) in [6, 6.07) is 65.1. The van der Waals surface area contributed by atoms with Crippen LogP contribution in [0.5, 0.6) is 0 Å². The Labute approximate surface area is 325 Å². The van der Waals surface area contributed by atoms with Crippen molar-refractivity contribution in [2.45, 2.75) is 0 Å². The molecule has 0 aliphatic rings. The largest absolute Gasteiger partial charge is 0.309 e. The molecule has 260 valence electrons. The van der Waals surface area contributed by atoms with Gasteiger partial charge in [-0.2, -0.15) is 0 Å². The highest BCUT2D eigenvalue weighted by Crippen LogP contribution is 2.42. The maximum absolute atomic E-state index is 5.35. The molecule has 3 aromatic heterocycles. The monoisotopic (exact) mass is 730 g/mol. The van der Waals surface area contributed by atoms with Gasteiger partial charge in [-0.3, -0.25) is 0 Å². The Balaban J connectivity index is 1.12. The fourth-order valence-electron chi connectivity index (χ4n) is 8.62. The molecule has 9 aromatic carbocycles. The van der Waals surface area contributed by atoms with Crippen molar-refractivity contribution in [1.82, 2.24) is 19.5 Å². The lowest BCUT2D eigenvalue weighted by atomic mass is 10.0. The van der Waals surface area contributed by atoms with Crippen molar-refractivity contribution in [3.8, 4) is 39.9 Å². The van der Waals surface area contributed by atoms with Crippen LogP contribution < -0.4 is 0 Å². The van der Waals surface area contributed by atoms with E-state index in [-0.39, 0.29) is 0 Å². The third-order valence-electron chi connectivity index (χ3n) is 11.2. The summed E-state index contributed by atoms with van der Waals surface area (Å²) in [6.45, 7) is 0. The molecule has 4 nitrogen and oxygen atoms in total. The zero-order valence-electron chi connectivity index (χ0n) is 30.0. The summed E-state index contributed by atoms with van der Waals surface area (Å²) in [5, 5.41) is 11.9. The van der Waals surface area contributed by atoms with E-state index in [1.54, 1.807) is 11.3 Å². The van der Waals surface area contributed by atoms with Crippen LogP contribution in [0, 0.1) is 0 Å². The smallest absolute Gasteiger partial charge is 0.164 e. The summed E-state index contributed by atoms with van der Waals surface area (Å²) < 4.78 is 4.88. The highest BCUT2D eigenvalue weighted by molar-refractivity contribution is 7.25. The van der Waals surface area contributed by atoms with E-state index in [9.17, 15) is 0 Å². The maximum Gasteiger partial charge on any atom is 0.164 e. The first kappa shape index (κ1) is 31.2. The molecule has 0 unspecified atom stereocenters. The van der Waals surface area contributed by atoms with Crippen LogP contribution in [0.15, 0.2) is 182 Å². The predicted octanol–water partition coefficient (Wildman–Crippen LogP) is 13.8. The Morgan fingerprint density at radius 3 is 1.82 bits per heavy atom. The molecule has 0 spiro atoms. The third kappa shape index (κ3) is 4.75. The van der Waals surface area contributed by atoms with E-state index in [0.717, 1.165) is 38.5 Å². The number of hydrogen-bond donors (Lipinski definition) is 0. The second-order valence-corrected chi connectivity index (χ2v) is 15.5. The van der Waals surface area contributed by atoms with Gasteiger partial charge in [0.15, 0.2) is 17.5 Å². The van der Waals surface area contributed by atoms with Crippen molar-refractivity contribution in [3.05, 3.63) is 182 Å². The SMILES string of the molecule is c1ccc2cc(-c3nc(-c4ccc(-n5c6ccccc6c6cc7ccccc7cc65)c5ccccc45)nc(-c4cccc5sc6ccccc6c45)n3)ccc2c1. The van der Waals surface area contributed by atoms with E-state index in [1.807, 2.05) is 0 Å². The lowest BCUT2D eigenvalue weighted by Crippen LogP contribution is -2.02. The van der Waals surface area contributed by atoms with Crippen LogP contribution in [0.1, 0.15) is 0 Å². The molecule has 56 heavy (non-hydrogen) atoms. The summed E-state index contributed by atoms with van der Waals surface area (Å²) in [5.74, 6) is 1.95. The van der Waals surface area contributed by atoms with Crippen LogP contribution in [0.4, 0.5) is 0 Å². The van der Waals surface area contributed by atoms with Gasteiger partial charge in [0, 0.05) is 53.0 Å². The van der Waals surface area contributed by atoms with Crippen molar-refractivity contribution < 1.29 is 0 Å². The van der Waals surface area contributed by atoms with Crippen molar-refractivity contribution >= 4 is 85.6 Å². The van der Waals surface area contributed by atoms with Gasteiger partial charge in [0.05, 0.1) is 16.7 Å². The molecule has 12 aromatic rings. The van der Waals surface area contributed by atoms with Gasteiger partial charge in [-0.1, -0.05) is 133 Å². The first-order valence-electron chi connectivity index (χ1n) is 18.9. The van der Waals surface area contributed by atoms with Gasteiger partial charge in [0.25, 0.3) is 0 Å². The number of nitrogens with zero attached hydrogens (tertiary/aromatic N) is 4. The summed E-state index contributed by atoms with van der Waals surface area (Å²) in [6.07, 6.45) is 0. The lowest BCUT2D eigenvalue weighted by molar-refractivity contribution is 1.08. The van der Waals surface area contributed by atoms with Crippen molar-refractivity contribution in [3.63, 3.8) is 0 Å². The van der Waals surface area contributed by atoms with Gasteiger partial charge in [-0.05, 0) is 75.5 Å². The molecule has 0 saturated heterocycles. The van der Waals surface area contributed by atoms with E-state index in [2.05, 4.69) is 187 Å². The van der Waals surface area contributed by atoms with Crippen LogP contribution in [0.3, 0.4) is 0 Å². The van der Waals surface area contributed by atoms with E-state index >= 15 is 0 Å². The van der Waals surface area contributed by atoms with Gasteiger partial charge < -0.3 is 4.57 Å². The van der Waals surface area contributed by atoms with Crippen LogP contribution in [-0.2, 0) is 0 Å². The molecule has 0 saturated carbocycles. The number of aromatic nitrogens is 4. The predicted molar refractivity (Wildman–Crippen MR) is 236 cm³/mol. The van der Waals surface area contributed by atoms with Crippen LogP contribution in [0.25, 0.3) is 114 Å². The Bertz CT molecular complexity index is 3560. The van der Waals surface area contributed by atoms with Crippen molar-refractivity contribution in [1.29, 1.82) is 0 Å². The van der Waals surface area contributed by atoms with Gasteiger partial charge >= 0.3 is 0 Å². The average Bonchev–Trinajstić information content (AvgIpc) is 3.80. The van der Waals surface area contributed by atoms with E-state index in [1.165, 1.54) is 58.1 Å². The number of para-hydroxylation sites is 1. The molecule has 5 heteroatoms. The first-order valence-corrected chi connectivity index (χ1v) is 19.7. The standard InChI is InChI=1S/C51H30N4S/c1-2-13-32-28-35(25-24-31(32)12-1)49-52-50(54-51(53-49)41-20-11-23-47-48(41)40-19-8-10-22-46(40)56-47)39-26-27-44(37-17-6-5-16-36(37)39)55-43-21-9-7-18-38(43)42-29-33-14-3-4-15-34(33)30-45(42)55/h1-30H. The van der Waals surface area contributed by atoms with Gasteiger partial charge in [0.2, 0.25) is 0 Å². The molecule has 0 aliphatic carbocycles. The van der Waals surface area contributed by atoms with Crippen molar-refractivity contribution in [2.75, 3.05) is 0 Å². The first-order chi connectivity index (χ1) is 27.7. The normalized spacial score (nSPS) is 11.9. The second kappa shape index (κ2) is 12.2. The number of rotatable bonds is 4. The Kier molecular flexibility index (Phi) is 6.76. The minimum atomic E-state index is 0.644. The topological polar surface area (TPSA) is 43.6 Å². The Morgan fingerprint density at radius 1 is 0.357 bits per heavy atom. The lowest BCUT2D eigenvalue weighted by Gasteiger charge is -2.15. The van der Waals surface area contributed by atoms with E-state index < -0.39 is 0 Å². The highest BCUT2D eigenvalue weighted by Gasteiger charge is 2.21. The van der Waals surface area contributed by atoms with Crippen molar-refractivity contribution in [2.24, 2.45) is 0 Å². The van der Waals surface area contributed by atoms with Crippen LogP contribution in [-0.4, -0.2) is 19.5 Å². The zero-order valence-corrected chi connectivity index (χ0v) is 30.8. The van der Waals surface area contributed by atoms with E-state index in [0.29, 0.717) is 17.5 Å². The zero-order chi connectivity index (χ0) is 36.7. The third-order valence-corrected chi connectivity index (χ3v) is 12.3. The molecule has 0 aliphatic heterocycles. The molecule has 0 radical (unpaired) electrons. The minimum absolute atomic E-state index is 0.644. The fraction of sp³-hybridized carbons (Fsp3) is 0. The van der Waals surface area contributed by atoms with Gasteiger partial charge in [-0.25, -0.2) is 15.0 Å². The summed E-state index contributed by atoms with van der Waals surface area (Å²) in [4.78, 5) is 15.9. The molecule has 3 heterocycles. The van der Waals surface area contributed by atoms with Crippen LogP contribution in [0.2, 0.25) is 0 Å². The molecule has 0 atom stereocenters. The summed E-state index contributed by atoms with van der Waals surface area (Å²) in [7, 11) is 0. The van der Waals surface area contributed by atoms with Gasteiger partial charge in [0.1, 0.15) is 0 Å². The molecular formula is C51H30N4S. The molecule has 0 N–H and O–H groups in total. The quantitative estimate of drug-likeness (QED) is 0.181. The molecule has 0 fully saturated rings. The Morgan fingerprint density at radius 2 is 0.982 bits per heavy atom. The highest BCUT2D eigenvalue weighted by atomic mass is 32.1. The van der Waals surface area contributed by atoms with Gasteiger partial charge in [-0.15, -0.1) is 11.3 Å². The summed E-state index contributed by atoms with van der Waals surface area (Å²) in [5.41, 5.74) is 6.39. The number of benzene rings is 9. The van der Waals surface area contributed by atoms with Crippen LogP contribution >= 0.6 is 11.3 Å². The number of hydrogen-bond acceptors (Lipinski definition) is 4. The van der Waals surface area contributed by atoms with E-state index in [4.69, 9.17) is 15.0 Å². The average molecular weight is 731 g/mol. The maximum atomic E-state index is 5.35. The number of fused-ring (bicyclic) bond motifs is 9. The Hall–Kier alpha value is -7.21. The molecular weight excluding hydrogens is 701 g/mol. The molecule has 0 bridgehead atoms. The fourth-order valence-corrected chi connectivity index (χ4v) is 9.76. The second-order valence-electron chi connectivity index (χ2n) is 14.4. The number of thiophene rings is 1. The molecule has 0 amide bonds. The molecule has 12 rings (SSSR count).